The average molecular weight is 427 g/mol. The van der Waals surface area contributed by atoms with Gasteiger partial charge in [-0.05, 0) is 11.5 Å². The van der Waals surface area contributed by atoms with E-state index >= 15 is 0 Å². The predicted octanol–water partition coefficient (Wildman–Crippen LogP) is 3.52. The highest BCUT2D eigenvalue weighted by molar-refractivity contribution is 6.02. The van der Waals surface area contributed by atoms with Crippen LogP contribution in [0.1, 0.15) is 63.9 Å². The number of hydrogen-bond donors (Lipinski definition) is 0. The molecule has 1 aromatic rings. The van der Waals surface area contributed by atoms with Gasteiger partial charge >= 0.3 is 24.1 Å². The lowest BCUT2D eigenvalue weighted by Gasteiger charge is -2.26. The monoisotopic (exact) mass is 427 g/mol. The molecule has 0 saturated heterocycles. The minimum Gasteiger partial charge on any atom is -0.469 e. The van der Waals surface area contributed by atoms with Crippen molar-refractivity contribution in [3.05, 3.63) is 28.1 Å². The van der Waals surface area contributed by atoms with Crippen molar-refractivity contribution >= 4 is 17.9 Å². The number of methoxy groups -OCH3 is 3. The van der Waals surface area contributed by atoms with Gasteiger partial charge in [0, 0.05) is 0 Å². The fraction of sp³-hybridized carbons (Fsp3) is 0.529. The van der Waals surface area contributed by atoms with Gasteiger partial charge in [-0.15, -0.1) is 0 Å². The van der Waals surface area contributed by atoms with Gasteiger partial charge < -0.3 is 14.2 Å². The van der Waals surface area contributed by atoms with Crippen LogP contribution < -0.4 is 0 Å². The van der Waals surface area contributed by atoms with Gasteiger partial charge in [0.2, 0.25) is 0 Å². The molecule has 1 unspecified atom stereocenters. The fourth-order valence-corrected chi connectivity index (χ4v) is 2.77. The highest BCUT2D eigenvalue weighted by atomic mass is 19.4. The Labute approximate surface area is 162 Å². The van der Waals surface area contributed by atoms with Crippen LogP contribution in [0.15, 0.2) is 0 Å². The van der Waals surface area contributed by atoms with Gasteiger partial charge in [0.15, 0.2) is 5.69 Å². The first-order valence-electron chi connectivity index (χ1n) is 8.00. The molecule has 0 aromatic carbocycles. The Balaban J connectivity index is 4.35. The molecular weight excluding hydrogens is 409 g/mol. The maximum atomic E-state index is 13.6. The van der Waals surface area contributed by atoms with E-state index in [4.69, 9.17) is 0 Å². The third-order valence-electron chi connectivity index (χ3n) is 3.95. The number of alkyl halides is 5. The summed E-state index contributed by atoms with van der Waals surface area (Å²) < 4.78 is 81.2. The minimum absolute atomic E-state index is 0.744. The van der Waals surface area contributed by atoms with Crippen molar-refractivity contribution in [1.82, 2.24) is 4.98 Å². The molecule has 1 aromatic heterocycles. The molecule has 7 nitrogen and oxygen atoms in total. The quantitative estimate of drug-likeness (QED) is 0.390. The van der Waals surface area contributed by atoms with Crippen LogP contribution in [0.5, 0.6) is 0 Å². The van der Waals surface area contributed by atoms with Crippen LogP contribution in [-0.4, -0.2) is 44.2 Å². The molecule has 0 aliphatic heterocycles. The van der Waals surface area contributed by atoms with Crippen LogP contribution >= 0.6 is 0 Å². The van der Waals surface area contributed by atoms with Crippen LogP contribution in [0.2, 0.25) is 0 Å². The molecule has 0 aliphatic carbocycles. The Hall–Kier alpha value is -2.79. The Morgan fingerprint density at radius 3 is 1.72 bits per heavy atom. The van der Waals surface area contributed by atoms with Gasteiger partial charge in [-0.3, -0.25) is 4.79 Å². The van der Waals surface area contributed by atoms with Crippen molar-refractivity contribution in [2.45, 2.75) is 32.4 Å². The van der Waals surface area contributed by atoms with E-state index in [-0.39, 0.29) is 0 Å². The van der Waals surface area contributed by atoms with E-state index in [0.29, 0.717) is 0 Å². The highest BCUT2D eigenvalue weighted by Crippen LogP contribution is 2.42. The van der Waals surface area contributed by atoms with Crippen molar-refractivity contribution in [1.29, 1.82) is 0 Å². The summed E-state index contributed by atoms with van der Waals surface area (Å²) in [7, 11) is 2.44. The van der Waals surface area contributed by atoms with Gasteiger partial charge in [-0.1, -0.05) is 13.8 Å². The molecule has 0 aliphatic rings. The molecule has 29 heavy (non-hydrogen) atoms. The fourth-order valence-electron chi connectivity index (χ4n) is 2.77. The minimum atomic E-state index is -5.38. The van der Waals surface area contributed by atoms with Crippen LogP contribution in [0.4, 0.5) is 22.0 Å². The number of nitrogens with zero attached hydrogens (tertiary/aromatic N) is 1. The Morgan fingerprint density at radius 1 is 0.897 bits per heavy atom. The van der Waals surface area contributed by atoms with Crippen molar-refractivity contribution in [3.63, 3.8) is 0 Å². The number of carbonyl (C=O) groups is 3. The van der Waals surface area contributed by atoms with Gasteiger partial charge in [0.05, 0.1) is 38.4 Å². The maximum Gasteiger partial charge on any atom is 0.434 e. The van der Waals surface area contributed by atoms with E-state index in [1.807, 2.05) is 0 Å². The highest BCUT2D eigenvalue weighted by Gasteiger charge is 2.46. The van der Waals surface area contributed by atoms with Gasteiger partial charge in [0.25, 0.3) is 6.43 Å². The predicted molar refractivity (Wildman–Crippen MR) is 86.5 cm³/mol. The molecule has 0 radical (unpaired) electrons. The number of pyridine rings is 1. The van der Waals surface area contributed by atoms with E-state index in [1.54, 1.807) is 0 Å². The molecular formula is C17H18F5NO6. The molecule has 0 N–H and O–H groups in total. The standard InChI is InChI=1S/C17H18F5NO6/c1-6(2)7(14(24)27-3)8-9(15(25)28-4)11(13(18)19)23-12(17(20,21)22)10(8)16(26)29-5/h6-7,13H,1-5H3. The van der Waals surface area contributed by atoms with E-state index < -0.39 is 70.4 Å². The number of ether oxygens (including phenoxy) is 3. The summed E-state index contributed by atoms with van der Waals surface area (Å²) in [6, 6.07) is 0. The summed E-state index contributed by atoms with van der Waals surface area (Å²) >= 11 is 0. The summed E-state index contributed by atoms with van der Waals surface area (Å²) in [5.74, 6) is -6.86. The molecule has 0 fully saturated rings. The lowest BCUT2D eigenvalue weighted by Crippen LogP contribution is -2.30. The lowest BCUT2D eigenvalue weighted by molar-refractivity contribution is -0.145. The molecule has 0 bridgehead atoms. The van der Waals surface area contributed by atoms with Crippen LogP contribution in [0.3, 0.4) is 0 Å². The summed E-state index contributed by atoms with van der Waals surface area (Å²) in [5, 5.41) is 0. The first kappa shape index (κ1) is 24.2. The summed E-state index contributed by atoms with van der Waals surface area (Å²) in [6.07, 6.45) is -9.03. The van der Waals surface area contributed by atoms with E-state index in [1.165, 1.54) is 13.8 Å². The second-order valence-electron chi connectivity index (χ2n) is 6.04. The zero-order valence-corrected chi connectivity index (χ0v) is 16.0. The van der Waals surface area contributed by atoms with Crippen LogP contribution in [-0.2, 0) is 25.2 Å². The number of esters is 3. The zero-order valence-electron chi connectivity index (χ0n) is 16.0. The summed E-state index contributed by atoms with van der Waals surface area (Å²) in [5.41, 5.74) is -7.00. The average Bonchev–Trinajstić information content (AvgIpc) is 2.64. The molecule has 1 rings (SSSR count). The first-order valence-corrected chi connectivity index (χ1v) is 8.00. The molecule has 12 heteroatoms. The smallest absolute Gasteiger partial charge is 0.434 e. The normalized spacial score (nSPS) is 12.7. The molecule has 0 spiro atoms. The number of rotatable bonds is 6. The van der Waals surface area contributed by atoms with Crippen molar-refractivity contribution in [2.75, 3.05) is 21.3 Å². The van der Waals surface area contributed by atoms with Crippen LogP contribution in [0.25, 0.3) is 0 Å². The van der Waals surface area contributed by atoms with E-state index in [2.05, 4.69) is 19.2 Å². The maximum absolute atomic E-state index is 13.6. The summed E-state index contributed by atoms with van der Waals surface area (Å²) in [6.45, 7) is 2.72. The number of hydrogen-bond acceptors (Lipinski definition) is 7. The third kappa shape index (κ3) is 4.80. The Bertz CT molecular complexity index is 806. The summed E-state index contributed by atoms with van der Waals surface area (Å²) in [4.78, 5) is 39.6. The second kappa shape index (κ2) is 9.14. The topological polar surface area (TPSA) is 91.8 Å². The number of carbonyl (C=O) groups excluding carboxylic acids is 3. The third-order valence-corrected chi connectivity index (χ3v) is 3.95. The second-order valence-corrected chi connectivity index (χ2v) is 6.04. The van der Waals surface area contributed by atoms with E-state index in [9.17, 15) is 36.3 Å². The first-order chi connectivity index (χ1) is 13.3. The number of aromatic nitrogens is 1. The zero-order chi connectivity index (χ0) is 22.7. The van der Waals surface area contributed by atoms with Gasteiger partial charge in [-0.2, -0.15) is 13.2 Å². The van der Waals surface area contributed by atoms with Crippen molar-refractivity contribution < 1.29 is 50.5 Å². The van der Waals surface area contributed by atoms with Gasteiger partial charge in [0.1, 0.15) is 5.69 Å². The lowest BCUT2D eigenvalue weighted by atomic mass is 9.81. The molecule has 0 amide bonds. The van der Waals surface area contributed by atoms with E-state index in [0.717, 1.165) is 21.3 Å². The van der Waals surface area contributed by atoms with Crippen molar-refractivity contribution in [2.24, 2.45) is 5.92 Å². The number of halogens is 5. The molecule has 162 valence electrons. The Morgan fingerprint density at radius 2 is 1.38 bits per heavy atom. The van der Waals surface area contributed by atoms with Gasteiger partial charge in [-0.25, -0.2) is 23.4 Å². The van der Waals surface area contributed by atoms with Crippen molar-refractivity contribution in [3.8, 4) is 0 Å². The Kier molecular flexibility index (Phi) is 7.64. The molecule has 1 atom stereocenters. The molecule has 0 saturated carbocycles. The SMILES string of the molecule is COC(=O)c1c(C(F)F)nc(C(F)(F)F)c(C(=O)OC)c1C(C(=O)OC)C(C)C. The largest absolute Gasteiger partial charge is 0.469 e. The molecule has 1 heterocycles. The van der Waals surface area contributed by atoms with Crippen LogP contribution in [0, 0.1) is 5.92 Å².